The third-order valence-electron chi connectivity index (χ3n) is 17.5. The zero-order valence-corrected chi connectivity index (χ0v) is 18.3. The van der Waals surface area contributed by atoms with Crippen molar-refractivity contribution in [1.29, 1.82) is 0 Å². The molecule has 0 radical (unpaired) electrons. The van der Waals surface area contributed by atoms with E-state index in [1.165, 1.54) is 49.9 Å². The first-order valence-electron chi connectivity index (χ1n) is 10.5. The van der Waals surface area contributed by atoms with Crippen molar-refractivity contribution in [2.75, 3.05) is 13.6 Å². The second-order valence-corrected chi connectivity index (χ2v) is 43.2. The fourth-order valence-corrected chi connectivity index (χ4v) is 102. The van der Waals surface area contributed by atoms with E-state index in [4.69, 9.17) is 0 Å². The zero-order valence-electron chi connectivity index (χ0n) is 16.3. The number of hydrogen-bond donors (Lipinski definition) is 1. The summed E-state index contributed by atoms with van der Waals surface area (Å²) in [7, 11) is 2.31. The van der Waals surface area contributed by atoms with Crippen LogP contribution in [0.3, 0.4) is 0 Å². The van der Waals surface area contributed by atoms with E-state index >= 15 is 0 Å². The average Bonchev–Trinajstić information content (AvgIpc) is 3.37. The number of hydrogen-bond acceptors (Lipinski definition) is 1. The molecule has 5 unspecified atom stereocenters. The molecule has 0 aromatic carbocycles. The van der Waals surface area contributed by atoms with Crippen molar-refractivity contribution in [3.63, 3.8) is 0 Å². The van der Waals surface area contributed by atoms with Gasteiger partial charge in [-0.1, -0.05) is 0 Å². The van der Waals surface area contributed by atoms with Crippen molar-refractivity contribution in [1.82, 2.24) is 5.32 Å². The monoisotopic (exact) mass is 387 g/mol. The molecule has 10 aliphatic heterocycles. The predicted molar refractivity (Wildman–Crippen MR) is 101 cm³/mol. The normalized spacial score (nSPS) is 91.1. The van der Waals surface area contributed by atoms with E-state index in [1.807, 2.05) is 0 Å². The Balaban J connectivity index is 1.30. The number of nitrogens with one attached hydrogen (secondary N) is 1. The maximum absolute atomic E-state index is 3.76. The van der Waals surface area contributed by atoms with Gasteiger partial charge in [0.25, 0.3) is 0 Å². The van der Waals surface area contributed by atoms with E-state index < -0.39 is 6.51 Å². The summed E-state index contributed by atoms with van der Waals surface area (Å²) >= 11 is 0. The summed E-state index contributed by atoms with van der Waals surface area (Å²) in [6, 6.07) is 0. The van der Waals surface area contributed by atoms with E-state index in [2.05, 4.69) is 53.9 Å². The molecule has 0 saturated carbocycles. The van der Waals surface area contributed by atoms with Gasteiger partial charge in [0.1, 0.15) is 0 Å². The number of fused-ring (bicyclic) bond motifs is 10. The predicted octanol–water partition coefficient (Wildman–Crippen LogP) is 6.41. The van der Waals surface area contributed by atoms with Crippen LogP contribution in [0.2, 0.25) is 47.7 Å². The van der Waals surface area contributed by atoms with Gasteiger partial charge in [-0.05, 0) is 0 Å². The molecule has 0 aromatic heterocycles. The number of rotatable bonds is 4. The Labute approximate surface area is 138 Å². The summed E-state index contributed by atoms with van der Waals surface area (Å²) in [5.41, 5.74) is 1.09. The molecule has 10 aliphatic rings. The Morgan fingerprint density at radius 3 is 1.46 bits per heavy atom. The molecule has 1 spiro atoms. The van der Waals surface area contributed by atoms with Crippen LogP contribution in [0.15, 0.2) is 0 Å². The zero-order chi connectivity index (χ0) is 16.6. The van der Waals surface area contributed by atoms with Gasteiger partial charge < -0.3 is 0 Å². The second-order valence-electron chi connectivity index (χ2n) is 15.5. The van der Waals surface area contributed by atoms with Gasteiger partial charge in [0, 0.05) is 0 Å². The van der Waals surface area contributed by atoms with Crippen LogP contribution in [0.1, 0.15) is 41.5 Å². The van der Waals surface area contributed by atoms with E-state index in [9.17, 15) is 0 Å². The molecule has 0 amide bonds. The van der Waals surface area contributed by atoms with Crippen LogP contribution >= 0.6 is 7.92 Å². The van der Waals surface area contributed by atoms with Crippen molar-refractivity contribution in [2.24, 2.45) is 0 Å². The van der Waals surface area contributed by atoms with E-state index in [-0.39, 0.29) is 7.92 Å². The molecular formula is C21H34FeNP. The van der Waals surface area contributed by atoms with Gasteiger partial charge in [-0.2, -0.15) is 0 Å². The Morgan fingerprint density at radius 1 is 0.833 bits per heavy atom. The van der Waals surface area contributed by atoms with Crippen molar-refractivity contribution in [3.05, 3.63) is 0 Å². The van der Waals surface area contributed by atoms with Crippen LogP contribution in [-0.2, 0) is 6.51 Å². The summed E-state index contributed by atoms with van der Waals surface area (Å²) in [4.78, 5) is 13.3. The van der Waals surface area contributed by atoms with Crippen LogP contribution in [0.5, 0.6) is 0 Å². The van der Waals surface area contributed by atoms with Gasteiger partial charge in [0.05, 0.1) is 0 Å². The summed E-state index contributed by atoms with van der Waals surface area (Å²) in [5.74, 6) is 0. The first-order chi connectivity index (χ1) is 10.9. The molecule has 0 aliphatic carbocycles. The Bertz CT molecular complexity index is 1050. The van der Waals surface area contributed by atoms with Crippen molar-refractivity contribution in [3.8, 4) is 0 Å². The summed E-state index contributed by atoms with van der Waals surface area (Å²) in [6.45, 7) is 13.9. The van der Waals surface area contributed by atoms with E-state index in [0.29, 0.717) is 10.3 Å². The van der Waals surface area contributed by atoms with Gasteiger partial charge in [-0.25, -0.2) is 0 Å². The van der Waals surface area contributed by atoms with Gasteiger partial charge in [0.2, 0.25) is 0 Å². The molecule has 1 N–H and O–H groups in total. The molecule has 10 fully saturated rings. The summed E-state index contributed by atoms with van der Waals surface area (Å²) in [6.07, 6.45) is 0. The standard InChI is InChI=1S/C16H29NP.C5H5.Fe/c1-15(2,3)18(16(4,5)6)14(12-17-7)13-10-8-9-11-13;1-2-4-5-3-1;/h8-11,14,17H,12H2,1-7H3;1-5H;. The topological polar surface area (TPSA) is 12.0 Å². The fourth-order valence-electron chi connectivity index (χ4n) is 19.9. The molecule has 10 rings (SSSR count). The van der Waals surface area contributed by atoms with Crippen LogP contribution in [0.4, 0.5) is 0 Å². The van der Waals surface area contributed by atoms with E-state index in [0.717, 1.165) is 9.97 Å². The molecular weight excluding hydrogens is 353 g/mol. The van der Waals surface area contributed by atoms with Gasteiger partial charge >= 0.3 is 139 Å². The van der Waals surface area contributed by atoms with Crippen molar-refractivity contribution < 1.29 is 6.51 Å². The molecule has 10 saturated heterocycles. The molecule has 1 nitrogen and oxygen atoms in total. The maximum atomic E-state index is 3.76. The minimum atomic E-state index is -3.00. The van der Waals surface area contributed by atoms with Crippen molar-refractivity contribution >= 4 is 7.92 Å². The quantitative estimate of drug-likeness (QED) is 0.434. The van der Waals surface area contributed by atoms with Crippen LogP contribution in [-0.4, -0.2) is 29.6 Å². The second kappa shape index (κ2) is 1.28. The summed E-state index contributed by atoms with van der Waals surface area (Å²) in [5, 5.41) is 4.78. The molecule has 0 bridgehead atoms. The van der Waals surface area contributed by atoms with Gasteiger partial charge in [0.15, 0.2) is 0 Å². The SMILES string of the molecule is CNCC(P(C(C)(C)C)C(C)(C)C)[C]12[CH]3[CH]4[CH]5[CH]1[Fe]45321678[CH]2[CH]1[CH]6[CH]7[CH]28. The molecule has 3 heteroatoms. The van der Waals surface area contributed by atoms with Gasteiger partial charge in [-0.15, -0.1) is 0 Å². The van der Waals surface area contributed by atoms with Crippen LogP contribution < -0.4 is 5.32 Å². The average molecular weight is 387 g/mol. The Hall–Kier alpha value is 0.909. The molecule has 24 heavy (non-hydrogen) atoms. The van der Waals surface area contributed by atoms with E-state index in [1.54, 1.807) is 0 Å². The molecule has 5 atom stereocenters. The Morgan fingerprint density at radius 2 is 1.25 bits per heavy atom. The fraction of sp³-hybridized carbons (Fsp3) is 1.00. The molecule has 10 heterocycles. The summed E-state index contributed by atoms with van der Waals surface area (Å²) < 4.78 is 1.06. The first kappa shape index (κ1) is 12.4. The molecule has 0 aromatic rings. The van der Waals surface area contributed by atoms with Crippen LogP contribution in [0, 0.1) is 0 Å². The van der Waals surface area contributed by atoms with Crippen LogP contribution in [0.25, 0.3) is 0 Å². The third-order valence-corrected chi connectivity index (χ3v) is 64.5. The third kappa shape index (κ3) is 0.193. The van der Waals surface area contributed by atoms with Crippen molar-refractivity contribution in [2.45, 2.75) is 105 Å². The molecule has 136 valence electrons. The minimum absolute atomic E-state index is 0.0544. The first-order valence-corrected chi connectivity index (χ1v) is 18.2. The Kier molecular flexibility index (Phi) is 0.662. The van der Waals surface area contributed by atoms with Gasteiger partial charge in [-0.3, -0.25) is 0 Å².